The fraction of sp³-hybridized carbons (Fsp3) is 1.00. The third kappa shape index (κ3) is 3.16. The molecule has 1 nitrogen and oxygen atoms in total. The Labute approximate surface area is 75.7 Å². The Hall–Kier alpha value is 1.06. The van der Waals surface area contributed by atoms with Crippen LogP contribution in [0.2, 0.25) is 0 Å². The molecule has 1 aliphatic rings. The van der Waals surface area contributed by atoms with Crippen LogP contribution in [0.25, 0.3) is 0 Å². The van der Waals surface area contributed by atoms with Crippen molar-refractivity contribution in [3.05, 3.63) is 0 Å². The zero-order chi connectivity index (χ0) is 5.11. The van der Waals surface area contributed by atoms with E-state index in [0.29, 0.717) is 0 Å². The Bertz CT molecular complexity index is 50.5. The predicted molar refractivity (Wildman–Crippen MR) is 29.1 cm³/mol. The molecule has 0 atom stereocenters. The molecule has 0 aromatic rings. The van der Waals surface area contributed by atoms with Crippen LogP contribution in [0.4, 0.5) is 0 Å². The Balaban J connectivity index is 0.000000490. The van der Waals surface area contributed by atoms with Crippen LogP contribution in [0.3, 0.4) is 0 Å². The van der Waals surface area contributed by atoms with Gasteiger partial charge in [0.25, 0.3) is 0 Å². The number of hydrogen-bond donors (Lipinski definition) is 1. The molecular formula is C6H12OY. The summed E-state index contributed by atoms with van der Waals surface area (Å²) < 4.78 is 0. The van der Waals surface area contributed by atoms with E-state index in [1.54, 1.807) is 0 Å². The van der Waals surface area contributed by atoms with E-state index < -0.39 is 0 Å². The third-order valence-corrected chi connectivity index (χ3v) is 1.57. The standard InChI is InChI=1S/C6H12O.Y/c7-6-4-2-1-3-5-6;/h6-7H,1-5H2;. The molecule has 1 radical (unpaired) electrons. The molecule has 0 bridgehead atoms. The first kappa shape index (κ1) is 9.06. The second-order valence-corrected chi connectivity index (χ2v) is 2.29. The molecule has 0 aromatic carbocycles. The molecule has 0 spiro atoms. The van der Waals surface area contributed by atoms with E-state index in [1.807, 2.05) is 0 Å². The van der Waals surface area contributed by atoms with Crippen molar-refractivity contribution in [3.8, 4) is 0 Å². The van der Waals surface area contributed by atoms with Crippen LogP contribution >= 0.6 is 0 Å². The van der Waals surface area contributed by atoms with Gasteiger partial charge in [0.2, 0.25) is 0 Å². The molecule has 0 amide bonds. The van der Waals surface area contributed by atoms with Gasteiger partial charge in [0.05, 0.1) is 6.10 Å². The summed E-state index contributed by atoms with van der Waals surface area (Å²) >= 11 is 0. The summed E-state index contributed by atoms with van der Waals surface area (Å²) in [6, 6.07) is 0. The van der Waals surface area contributed by atoms with Gasteiger partial charge in [-0.25, -0.2) is 0 Å². The molecule has 45 valence electrons. The van der Waals surface area contributed by atoms with Gasteiger partial charge in [-0.1, -0.05) is 19.3 Å². The van der Waals surface area contributed by atoms with Crippen LogP contribution in [-0.4, -0.2) is 11.2 Å². The number of aliphatic hydroxyl groups excluding tert-OH is 1. The molecule has 1 fully saturated rings. The molecule has 0 aliphatic heterocycles. The summed E-state index contributed by atoms with van der Waals surface area (Å²) in [5.74, 6) is 0. The van der Waals surface area contributed by atoms with Crippen molar-refractivity contribution in [1.82, 2.24) is 0 Å². The minimum atomic E-state index is 0. The Morgan fingerprint density at radius 2 is 1.50 bits per heavy atom. The maximum Gasteiger partial charge on any atom is 0.0540 e. The molecule has 0 aromatic heterocycles. The monoisotopic (exact) mass is 189 g/mol. The van der Waals surface area contributed by atoms with Gasteiger partial charge >= 0.3 is 0 Å². The normalized spacial score (nSPS) is 22.1. The van der Waals surface area contributed by atoms with Crippen molar-refractivity contribution in [2.45, 2.75) is 38.2 Å². The van der Waals surface area contributed by atoms with Crippen molar-refractivity contribution in [1.29, 1.82) is 0 Å². The number of hydrogen-bond acceptors (Lipinski definition) is 1. The van der Waals surface area contributed by atoms with Crippen LogP contribution in [0.1, 0.15) is 32.1 Å². The van der Waals surface area contributed by atoms with Gasteiger partial charge < -0.3 is 5.11 Å². The van der Waals surface area contributed by atoms with E-state index in [1.165, 1.54) is 19.3 Å². The summed E-state index contributed by atoms with van der Waals surface area (Å²) in [6.45, 7) is 0. The molecule has 8 heavy (non-hydrogen) atoms. The largest absolute Gasteiger partial charge is 0.393 e. The Kier molecular flexibility index (Phi) is 5.55. The van der Waals surface area contributed by atoms with Crippen LogP contribution in [0, 0.1) is 0 Å². The second kappa shape index (κ2) is 4.90. The molecule has 0 saturated heterocycles. The minimum absolute atomic E-state index is 0. The fourth-order valence-electron chi connectivity index (χ4n) is 1.08. The first-order chi connectivity index (χ1) is 3.39. The van der Waals surface area contributed by atoms with Crippen LogP contribution in [0.5, 0.6) is 0 Å². The quantitative estimate of drug-likeness (QED) is 0.609. The van der Waals surface area contributed by atoms with Gasteiger partial charge in [-0.05, 0) is 12.8 Å². The molecule has 1 saturated carbocycles. The van der Waals surface area contributed by atoms with Gasteiger partial charge in [-0.2, -0.15) is 0 Å². The molecule has 1 rings (SSSR count). The average Bonchev–Trinajstić information content (AvgIpc) is 1.69. The Morgan fingerprint density at radius 1 is 1.00 bits per heavy atom. The van der Waals surface area contributed by atoms with Gasteiger partial charge in [0, 0.05) is 32.7 Å². The van der Waals surface area contributed by atoms with Gasteiger partial charge in [0.15, 0.2) is 0 Å². The summed E-state index contributed by atoms with van der Waals surface area (Å²) in [5, 5.41) is 8.91. The molecule has 0 heterocycles. The van der Waals surface area contributed by atoms with Crippen molar-refractivity contribution in [3.63, 3.8) is 0 Å². The van der Waals surface area contributed by atoms with Gasteiger partial charge in [0.1, 0.15) is 0 Å². The van der Waals surface area contributed by atoms with Crippen molar-refractivity contribution in [2.75, 3.05) is 0 Å². The topological polar surface area (TPSA) is 20.2 Å². The molecule has 0 unspecified atom stereocenters. The maximum atomic E-state index is 8.91. The van der Waals surface area contributed by atoms with Crippen molar-refractivity contribution in [2.24, 2.45) is 0 Å². The van der Waals surface area contributed by atoms with E-state index in [4.69, 9.17) is 5.11 Å². The molecule has 1 aliphatic carbocycles. The SMILES string of the molecule is OC1CCCCC1.[Y]. The van der Waals surface area contributed by atoms with Gasteiger partial charge in [-0.15, -0.1) is 0 Å². The fourth-order valence-corrected chi connectivity index (χ4v) is 1.08. The predicted octanol–water partition coefficient (Wildman–Crippen LogP) is 1.31. The summed E-state index contributed by atoms with van der Waals surface area (Å²) in [4.78, 5) is 0. The number of rotatable bonds is 0. The second-order valence-electron chi connectivity index (χ2n) is 2.29. The van der Waals surface area contributed by atoms with E-state index in [0.717, 1.165) is 12.8 Å². The first-order valence-corrected chi connectivity index (χ1v) is 3.07. The zero-order valence-electron chi connectivity index (χ0n) is 5.14. The maximum absolute atomic E-state index is 8.91. The summed E-state index contributed by atoms with van der Waals surface area (Å²) in [7, 11) is 0. The first-order valence-electron chi connectivity index (χ1n) is 3.07. The van der Waals surface area contributed by atoms with E-state index in [2.05, 4.69) is 0 Å². The smallest absolute Gasteiger partial charge is 0.0540 e. The van der Waals surface area contributed by atoms with Crippen LogP contribution < -0.4 is 0 Å². The molecule has 1 N–H and O–H groups in total. The minimum Gasteiger partial charge on any atom is -0.393 e. The van der Waals surface area contributed by atoms with Gasteiger partial charge in [-0.3, -0.25) is 0 Å². The van der Waals surface area contributed by atoms with E-state index >= 15 is 0 Å². The van der Waals surface area contributed by atoms with Crippen LogP contribution in [0.15, 0.2) is 0 Å². The van der Waals surface area contributed by atoms with Crippen molar-refractivity contribution < 1.29 is 37.8 Å². The molecule has 2 heteroatoms. The number of aliphatic hydroxyl groups is 1. The van der Waals surface area contributed by atoms with Crippen molar-refractivity contribution >= 4 is 0 Å². The molecular weight excluding hydrogens is 177 g/mol. The average molecular weight is 189 g/mol. The zero-order valence-corrected chi connectivity index (χ0v) is 7.98. The van der Waals surface area contributed by atoms with E-state index in [9.17, 15) is 0 Å². The summed E-state index contributed by atoms with van der Waals surface area (Å²) in [5.41, 5.74) is 0. The van der Waals surface area contributed by atoms with Crippen LogP contribution in [-0.2, 0) is 32.7 Å². The third-order valence-electron chi connectivity index (χ3n) is 1.57. The van der Waals surface area contributed by atoms with E-state index in [-0.39, 0.29) is 38.8 Å². The summed E-state index contributed by atoms with van der Waals surface area (Å²) in [6.07, 6.45) is 5.92. The Morgan fingerprint density at radius 3 is 1.75 bits per heavy atom.